The lowest BCUT2D eigenvalue weighted by molar-refractivity contribution is -0.906. The van der Waals surface area contributed by atoms with Crippen LogP contribution in [0.4, 0.5) is 0 Å². The predicted molar refractivity (Wildman–Crippen MR) is 65.4 cm³/mol. The van der Waals surface area contributed by atoms with Crippen LogP contribution in [0.25, 0.3) is 0 Å². The summed E-state index contributed by atoms with van der Waals surface area (Å²) < 4.78 is 0.924. The Hall–Kier alpha value is -1.15. The van der Waals surface area contributed by atoms with Gasteiger partial charge < -0.3 is 4.48 Å². The zero-order valence-corrected chi connectivity index (χ0v) is 9.98. The summed E-state index contributed by atoms with van der Waals surface area (Å²) in [5.41, 5.74) is 0.854. The minimum atomic E-state index is 0.282. The van der Waals surface area contributed by atoms with E-state index in [1.807, 2.05) is 30.3 Å². The first-order valence-electron chi connectivity index (χ1n) is 6.11. The van der Waals surface area contributed by atoms with Crippen molar-refractivity contribution in [2.45, 2.75) is 19.3 Å². The van der Waals surface area contributed by atoms with Crippen molar-refractivity contribution in [3.8, 4) is 0 Å². The van der Waals surface area contributed by atoms with Gasteiger partial charge in [-0.25, -0.2) is 0 Å². The largest absolute Gasteiger partial charge is 0.320 e. The molecule has 0 atom stereocenters. The van der Waals surface area contributed by atoms with Gasteiger partial charge in [0.2, 0.25) is 5.78 Å². The van der Waals surface area contributed by atoms with Crippen molar-refractivity contribution in [2.75, 3.05) is 26.7 Å². The Balaban J connectivity index is 2.01. The Bertz CT molecular complexity index is 352. The number of rotatable bonds is 3. The number of carbonyl (C=O) groups is 1. The Kier molecular flexibility index (Phi) is 3.39. The van der Waals surface area contributed by atoms with Crippen LogP contribution in [0.5, 0.6) is 0 Å². The lowest BCUT2D eigenvalue weighted by atomic mass is 10.1. The van der Waals surface area contributed by atoms with E-state index in [4.69, 9.17) is 0 Å². The van der Waals surface area contributed by atoms with Crippen LogP contribution in [0.1, 0.15) is 29.6 Å². The normalized spacial score (nSPS) is 19.3. The van der Waals surface area contributed by atoms with Gasteiger partial charge in [-0.2, -0.15) is 0 Å². The molecule has 1 saturated heterocycles. The van der Waals surface area contributed by atoms with Gasteiger partial charge in [-0.15, -0.1) is 0 Å². The quantitative estimate of drug-likeness (QED) is 0.563. The van der Waals surface area contributed by atoms with Crippen molar-refractivity contribution in [1.29, 1.82) is 0 Å². The van der Waals surface area contributed by atoms with E-state index in [9.17, 15) is 4.79 Å². The van der Waals surface area contributed by atoms with Crippen LogP contribution in [0.15, 0.2) is 30.3 Å². The molecule has 0 aliphatic carbocycles. The second-order valence-electron chi connectivity index (χ2n) is 5.07. The van der Waals surface area contributed by atoms with Gasteiger partial charge in [0, 0.05) is 5.56 Å². The third-order valence-corrected chi connectivity index (χ3v) is 3.52. The number of piperidine rings is 1. The molecule has 0 aromatic heterocycles. The summed E-state index contributed by atoms with van der Waals surface area (Å²) in [6.07, 6.45) is 3.85. The van der Waals surface area contributed by atoms with Crippen LogP contribution in [0.2, 0.25) is 0 Å². The maximum Gasteiger partial charge on any atom is 0.216 e. The monoisotopic (exact) mass is 218 g/mol. The smallest absolute Gasteiger partial charge is 0.216 e. The molecule has 0 radical (unpaired) electrons. The number of quaternary nitrogens is 1. The number of benzene rings is 1. The SMILES string of the molecule is C[N+]1(CC(=O)c2ccccc2)CCCCC1. The van der Waals surface area contributed by atoms with Crippen molar-refractivity contribution in [3.63, 3.8) is 0 Å². The summed E-state index contributed by atoms with van der Waals surface area (Å²) in [4.78, 5) is 12.1. The van der Waals surface area contributed by atoms with E-state index in [2.05, 4.69) is 7.05 Å². The topological polar surface area (TPSA) is 17.1 Å². The Morgan fingerprint density at radius 2 is 1.75 bits per heavy atom. The molecule has 0 saturated carbocycles. The van der Waals surface area contributed by atoms with Gasteiger partial charge >= 0.3 is 0 Å². The molecule has 2 rings (SSSR count). The Labute approximate surface area is 97.5 Å². The third-order valence-electron chi connectivity index (χ3n) is 3.52. The zero-order chi connectivity index (χ0) is 11.4. The number of ketones is 1. The van der Waals surface area contributed by atoms with Gasteiger partial charge in [0.1, 0.15) is 6.54 Å². The summed E-state index contributed by atoms with van der Waals surface area (Å²) in [5.74, 6) is 0.282. The molecule has 0 N–H and O–H groups in total. The number of hydrogen-bond donors (Lipinski definition) is 0. The molecule has 2 heteroatoms. The fourth-order valence-corrected chi connectivity index (χ4v) is 2.50. The van der Waals surface area contributed by atoms with Crippen molar-refractivity contribution >= 4 is 5.78 Å². The average molecular weight is 218 g/mol. The first kappa shape index (κ1) is 11.3. The second-order valence-corrected chi connectivity index (χ2v) is 5.07. The van der Waals surface area contributed by atoms with Crippen LogP contribution >= 0.6 is 0 Å². The van der Waals surface area contributed by atoms with Crippen LogP contribution in [-0.4, -0.2) is 36.9 Å². The first-order valence-corrected chi connectivity index (χ1v) is 6.11. The van der Waals surface area contributed by atoms with Crippen LogP contribution in [-0.2, 0) is 0 Å². The van der Waals surface area contributed by atoms with Gasteiger partial charge in [-0.3, -0.25) is 4.79 Å². The molecule has 0 unspecified atom stereocenters. The van der Waals surface area contributed by atoms with Crippen LogP contribution < -0.4 is 0 Å². The van der Waals surface area contributed by atoms with E-state index < -0.39 is 0 Å². The maximum absolute atomic E-state index is 12.1. The van der Waals surface area contributed by atoms with E-state index >= 15 is 0 Å². The molecule has 0 spiro atoms. The van der Waals surface area contributed by atoms with Gasteiger partial charge in [-0.1, -0.05) is 30.3 Å². The number of hydrogen-bond acceptors (Lipinski definition) is 1. The molecule has 1 aromatic carbocycles. The summed E-state index contributed by atoms with van der Waals surface area (Å²) in [6.45, 7) is 2.96. The van der Waals surface area contributed by atoms with E-state index in [1.54, 1.807) is 0 Å². The fourth-order valence-electron chi connectivity index (χ4n) is 2.50. The van der Waals surface area contributed by atoms with Gasteiger partial charge in [0.25, 0.3) is 0 Å². The second kappa shape index (κ2) is 4.79. The predicted octanol–water partition coefficient (Wildman–Crippen LogP) is 2.50. The van der Waals surface area contributed by atoms with Crippen molar-refractivity contribution in [2.24, 2.45) is 0 Å². The minimum Gasteiger partial charge on any atom is -0.320 e. The van der Waals surface area contributed by atoms with E-state index in [1.165, 1.54) is 19.3 Å². The number of likely N-dealkylation sites (tertiary alicyclic amines) is 1. The summed E-state index contributed by atoms with van der Waals surface area (Å²) >= 11 is 0. The molecule has 1 aliphatic rings. The van der Waals surface area contributed by atoms with Gasteiger partial charge in [-0.05, 0) is 19.3 Å². The van der Waals surface area contributed by atoms with Crippen molar-refractivity contribution in [1.82, 2.24) is 0 Å². The summed E-state index contributed by atoms with van der Waals surface area (Å²) in [5, 5.41) is 0. The minimum absolute atomic E-state index is 0.282. The van der Waals surface area contributed by atoms with Crippen molar-refractivity contribution < 1.29 is 9.28 Å². The lowest BCUT2D eigenvalue weighted by Crippen LogP contribution is -2.50. The van der Waals surface area contributed by atoms with Gasteiger partial charge in [0.05, 0.1) is 20.1 Å². The lowest BCUT2D eigenvalue weighted by Gasteiger charge is -2.37. The van der Waals surface area contributed by atoms with E-state index in [-0.39, 0.29) is 5.78 Å². The number of nitrogens with zero attached hydrogens (tertiary/aromatic N) is 1. The highest BCUT2D eigenvalue weighted by molar-refractivity contribution is 5.96. The molecule has 0 amide bonds. The highest BCUT2D eigenvalue weighted by atomic mass is 16.1. The molecule has 1 aromatic rings. The first-order chi connectivity index (χ1) is 7.70. The molecule has 16 heavy (non-hydrogen) atoms. The highest BCUT2D eigenvalue weighted by Crippen LogP contribution is 2.17. The number of likely N-dealkylation sites (N-methyl/N-ethyl adjacent to an activating group) is 1. The van der Waals surface area contributed by atoms with Crippen LogP contribution in [0.3, 0.4) is 0 Å². The van der Waals surface area contributed by atoms with Crippen molar-refractivity contribution in [3.05, 3.63) is 35.9 Å². The number of Topliss-reactive ketones (excluding diaryl/α,β-unsaturated/α-hetero) is 1. The molecule has 86 valence electrons. The Morgan fingerprint density at radius 1 is 1.12 bits per heavy atom. The molecule has 2 nitrogen and oxygen atoms in total. The standard InChI is InChI=1S/C14H20NO/c1-15(10-6-3-7-11-15)12-14(16)13-8-4-2-5-9-13/h2,4-5,8-9H,3,6-7,10-12H2,1H3/q+1. The zero-order valence-electron chi connectivity index (χ0n) is 9.98. The summed E-state index contributed by atoms with van der Waals surface area (Å²) in [7, 11) is 2.21. The molecule has 1 fully saturated rings. The molecule has 0 bridgehead atoms. The highest BCUT2D eigenvalue weighted by Gasteiger charge is 2.27. The summed E-state index contributed by atoms with van der Waals surface area (Å²) in [6, 6.07) is 9.65. The number of carbonyl (C=O) groups excluding carboxylic acids is 1. The van der Waals surface area contributed by atoms with E-state index in [0.717, 1.165) is 23.1 Å². The Morgan fingerprint density at radius 3 is 2.38 bits per heavy atom. The van der Waals surface area contributed by atoms with Crippen LogP contribution in [0, 0.1) is 0 Å². The molecular weight excluding hydrogens is 198 g/mol. The molecule has 1 aliphatic heterocycles. The fraction of sp³-hybridized carbons (Fsp3) is 0.500. The molecular formula is C14H20NO+. The average Bonchev–Trinajstić information content (AvgIpc) is 2.30. The van der Waals surface area contributed by atoms with E-state index in [0.29, 0.717) is 6.54 Å². The molecule has 1 heterocycles. The maximum atomic E-state index is 12.1. The van der Waals surface area contributed by atoms with Gasteiger partial charge in [0.15, 0.2) is 0 Å². The third kappa shape index (κ3) is 2.70.